The van der Waals surface area contributed by atoms with Crippen LogP contribution in [-0.2, 0) is 23.8 Å². The number of hydrogen-bond acceptors (Lipinski definition) is 8. The normalized spacial score (nSPS) is 35.0. The maximum atomic E-state index is 12.9. The van der Waals surface area contributed by atoms with Crippen molar-refractivity contribution in [2.24, 2.45) is 17.8 Å². The smallest absolute Gasteiger partial charge is 0.330 e. The number of carboxylic acid groups (broad SMARTS) is 1. The highest BCUT2D eigenvalue weighted by atomic mass is 16.6. The van der Waals surface area contributed by atoms with Gasteiger partial charge in [-0.1, -0.05) is 50.3 Å². The summed E-state index contributed by atoms with van der Waals surface area (Å²) < 4.78 is 17.5. The Hall–Kier alpha value is -3.03. The van der Waals surface area contributed by atoms with Crippen LogP contribution in [0.25, 0.3) is 0 Å². The number of carbonyl (C=O) groups is 2. The molecule has 0 saturated carbocycles. The molecule has 0 bridgehead atoms. The summed E-state index contributed by atoms with van der Waals surface area (Å²) in [5.74, 6) is -2.55. The van der Waals surface area contributed by atoms with Gasteiger partial charge in [0.15, 0.2) is 0 Å². The standard InChI is InChI=1S/C32H45NO8/c1-20(15-16-33)9-7-10-22(3)31(39-6)23(4)26-19-27(35)32(5)28(41-32)14-13-21(2)25(34)17-24(18-29(36)37)11-8-12-30(38)40-26/h7-10,12-15,21,23-28,31,34-35H,11,17-19H2,1-6H3,(H,36,37)/b9-7+,12-8+,14-13+,20-15+,22-10+/t21-,23+,24-,25-,26+,27+,28-,31+,32+/m1/s1. The molecule has 0 aromatic heterocycles. The van der Waals surface area contributed by atoms with Crippen molar-refractivity contribution in [3.8, 4) is 6.07 Å². The van der Waals surface area contributed by atoms with Crippen molar-refractivity contribution in [3.05, 3.63) is 59.8 Å². The second kappa shape index (κ2) is 15.8. The van der Waals surface area contributed by atoms with E-state index in [-0.39, 0.29) is 49.5 Å². The molecule has 0 aliphatic carbocycles. The van der Waals surface area contributed by atoms with Gasteiger partial charge >= 0.3 is 11.9 Å². The molecule has 0 spiro atoms. The summed E-state index contributed by atoms with van der Waals surface area (Å²) in [4.78, 5) is 24.3. The van der Waals surface area contributed by atoms with Gasteiger partial charge in [0, 0.05) is 43.9 Å². The summed E-state index contributed by atoms with van der Waals surface area (Å²) in [6.45, 7) is 9.25. The van der Waals surface area contributed by atoms with Crippen LogP contribution in [0.1, 0.15) is 60.3 Å². The second-order valence-electron chi connectivity index (χ2n) is 11.4. The highest BCUT2D eigenvalue weighted by molar-refractivity contribution is 5.82. The molecule has 2 aliphatic heterocycles. The van der Waals surface area contributed by atoms with Crippen LogP contribution in [0.4, 0.5) is 0 Å². The zero-order chi connectivity index (χ0) is 30.7. The molecular weight excluding hydrogens is 526 g/mol. The first kappa shape index (κ1) is 34.2. The highest BCUT2D eigenvalue weighted by Crippen LogP contribution is 2.43. The predicted molar refractivity (Wildman–Crippen MR) is 154 cm³/mol. The van der Waals surface area contributed by atoms with Gasteiger partial charge in [0.2, 0.25) is 0 Å². The molecule has 2 rings (SSSR count). The van der Waals surface area contributed by atoms with Crippen LogP contribution < -0.4 is 0 Å². The van der Waals surface area contributed by atoms with Gasteiger partial charge < -0.3 is 29.5 Å². The van der Waals surface area contributed by atoms with Crippen molar-refractivity contribution in [1.29, 1.82) is 5.26 Å². The summed E-state index contributed by atoms with van der Waals surface area (Å²) in [5.41, 5.74) is 0.786. The average Bonchev–Trinajstić information content (AvgIpc) is 3.57. The summed E-state index contributed by atoms with van der Waals surface area (Å²) in [6.07, 6.45) is 10.7. The fourth-order valence-corrected chi connectivity index (χ4v) is 5.18. The summed E-state index contributed by atoms with van der Waals surface area (Å²) in [7, 11) is 1.57. The SMILES string of the molecule is CO[C@@H](/C(C)=C/C=C/C(C)=C/C#N)[C@@H](C)[C@@H]1C[C@H](O)[C@]2(C)O[C@@H]2/C=C/[C@@H](C)[C@H](O)C[C@H](CC(=O)O)C/C=C/C(=O)O1. The third kappa shape index (κ3) is 10.4. The summed E-state index contributed by atoms with van der Waals surface area (Å²) in [6, 6.07) is 1.99. The number of methoxy groups -OCH3 is 1. The van der Waals surface area contributed by atoms with E-state index >= 15 is 0 Å². The monoisotopic (exact) mass is 571 g/mol. The van der Waals surface area contributed by atoms with Gasteiger partial charge in [-0.15, -0.1) is 0 Å². The number of nitrogens with zero attached hydrogens (tertiary/aromatic N) is 1. The number of allylic oxidation sites excluding steroid dienone is 6. The molecule has 0 unspecified atom stereocenters. The molecule has 9 heteroatoms. The average molecular weight is 572 g/mol. The van der Waals surface area contributed by atoms with Gasteiger partial charge in [0.05, 0.1) is 24.4 Å². The third-order valence-corrected chi connectivity index (χ3v) is 8.01. The number of esters is 1. The number of rotatable bonds is 8. The van der Waals surface area contributed by atoms with E-state index in [1.165, 1.54) is 12.2 Å². The maximum Gasteiger partial charge on any atom is 0.330 e. The van der Waals surface area contributed by atoms with Crippen molar-refractivity contribution in [2.45, 2.75) is 96.4 Å². The maximum absolute atomic E-state index is 12.9. The minimum Gasteiger partial charge on any atom is -0.481 e. The molecule has 9 nitrogen and oxygen atoms in total. The van der Waals surface area contributed by atoms with Crippen LogP contribution in [0, 0.1) is 29.1 Å². The molecule has 3 N–H and O–H groups in total. The molecule has 9 atom stereocenters. The van der Waals surface area contributed by atoms with E-state index in [1.807, 2.05) is 58.1 Å². The lowest BCUT2D eigenvalue weighted by Gasteiger charge is -2.32. The molecule has 0 aromatic carbocycles. The Balaban J connectivity index is 2.35. The zero-order valence-corrected chi connectivity index (χ0v) is 24.9. The van der Waals surface area contributed by atoms with Gasteiger partial charge in [-0.2, -0.15) is 5.26 Å². The number of aliphatic hydroxyl groups is 2. The Morgan fingerprint density at radius 2 is 2.00 bits per heavy atom. The Morgan fingerprint density at radius 1 is 1.29 bits per heavy atom. The number of aliphatic carboxylic acids is 1. The van der Waals surface area contributed by atoms with Gasteiger partial charge in [0.1, 0.15) is 17.8 Å². The van der Waals surface area contributed by atoms with Gasteiger partial charge in [-0.25, -0.2) is 4.79 Å². The number of fused-ring (bicyclic) bond motifs is 1. The van der Waals surface area contributed by atoms with E-state index in [2.05, 4.69) is 0 Å². The molecular formula is C32H45NO8. The number of cyclic esters (lactones) is 1. The Kier molecular flexibility index (Phi) is 13.2. The molecule has 2 heterocycles. The Bertz CT molecular complexity index is 1100. The summed E-state index contributed by atoms with van der Waals surface area (Å²) in [5, 5.41) is 40.0. The quantitative estimate of drug-likeness (QED) is 0.126. The van der Waals surface area contributed by atoms with Crippen LogP contribution in [0.2, 0.25) is 0 Å². The number of nitriles is 1. The minimum absolute atomic E-state index is 0.106. The number of carboxylic acids is 1. The van der Waals surface area contributed by atoms with Crippen LogP contribution in [0.3, 0.4) is 0 Å². The largest absolute Gasteiger partial charge is 0.481 e. The van der Waals surface area contributed by atoms with Crippen molar-refractivity contribution in [3.63, 3.8) is 0 Å². The van der Waals surface area contributed by atoms with Gasteiger partial charge in [-0.3, -0.25) is 4.79 Å². The lowest BCUT2D eigenvalue weighted by Crippen LogP contribution is -2.41. The van der Waals surface area contributed by atoms with Crippen molar-refractivity contribution in [1.82, 2.24) is 0 Å². The number of hydrogen-bond donors (Lipinski definition) is 3. The molecule has 41 heavy (non-hydrogen) atoms. The molecule has 1 fully saturated rings. The topological polar surface area (TPSA) is 150 Å². The first-order chi connectivity index (χ1) is 19.3. The van der Waals surface area contributed by atoms with Crippen molar-refractivity contribution >= 4 is 11.9 Å². The molecule has 0 aromatic rings. The zero-order valence-electron chi connectivity index (χ0n) is 24.9. The second-order valence-corrected chi connectivity index (χ2v) is 11.4. The minimum atomic E-state index is -0.971. The predicted octanol–water partition coefficient (Wildman–Crippen LogP) is 4.42. The first-order valence-electron chi connectivity index (χ1n) is 14.1. The van der Waals surface area contributed by atoms with Crippen LogP contribution in [0.15, 0.2) is 59.8 Å². The van der Waals surface area contributed by atoms with E-state index < -0.39 is 42.0 Å². The van der Waals surface area contributed by atoms with Gasteiger partial charge in [0.25, 0.3) is 0 Å². The highest BCUT2D eigenvalue weighted by Gasteiger charge is 2.56. The number of epoxide rings is 1. The number of ether oxygens (including phenoxy) is 3. The van der Waals surface area contributed by atoms with E-state index in [0.29, 0.717) is 0 Å². The molecule has 0 radical (unpaired) electrons. The Labute approximate surface area is 243 Å². The molecule has 0 amide bonds. The van der Waals surface area contributed by atoms with E-state index in [1.54, 1.807) is 26.2 Å². The number of aliphatic hydroxyl groups excluding tert-OH is 2. The fourth-order valence-electron chi connectivity index (χ4n) is 5.18. The summed E-state index contributed by atoms with van der Waals surface area (Å²) >= 11 is 0. The molecule has 2 aliphatic rings. The number of carbonyl (C=O) groups excluding carboxylic acids is 1. The van der Waals surface area contributed by atoms with E-state index in [4.69, 9.17) is 19.5 Å². The molecule has 226 valence electrons. The first-order valence-corrected chi connectivity index (χ1v) is 14.1. The van der Waals surface area contributed by atoms with Gasteiger partial charge in [-0.05, 0) is 50.7 Å². The van der Waals surface area contributed by atoms with Crippen LogP contribution in [-0.4, -0.2) is 70.5 Å². The van der Waals surface area contributed by atoms with E-state index in [9.17, 15) is 24.9 Å². The third-order valence-electron chi connectivity index (χ3n) is 8.01. The fraction of sp³-hybridized carbons (Fsp3) is 0.594. The lowest BCUT2D eigenvalue weighted by atomic mass is 9.85. The van der Waals surface area contributed by atoms with Crippen molar-refractivity contribution < 1.29 is 39.1 Å². The van der Waals surface area contributed by atoms with Crippen LogP contribution in [0.5, 0.6) is 0 Å². The van der Waals surface area contributed by atoms with Crippen LogP contribution >= 0.6 is 0 Å². The Morgan fingerprint density at radius 3 is 2.63 bits per heavy atom. The van der Waals surface area contributed by atoms with E-state index in [0.717, 1.165) is 11.1 Å². The lowest BCUT2D eigenvalue weighted by molar-refractivity contribution is -0.150. The molecule has 1 saturated heterocycles. The van der Waals surface area contributed by atoms with Crippen molar-refractivity contribution in [2.75, 3.05) is 7.11 Å².